The number of anilines is 3. The van der Waals surface area contributed by atoms with E-state index >= 15 is 0 Å². The van der Waals surface area contributed by atoms with Crippen molar-refractivity contribution in [2.75, 3.05) is 10.7 Å². The van der Waals surface area contributed by atoms with Gasteiger partial charge in [0.15, 0.2) is 11.6 Å². The smallest absolute Gasteiger partial charge is 0.245 e. The number of rotatable bonds is 6. The number of benzene rings is 2. The van der Waals surface area contributed by atoms with Gasteiger partial charge in [0, 0.05) is 15.7 Å². The molecule has 0 spiro atoms. The fraction of sp³-hybridized carbons (Fsp3) is 0. The number of aromatic nitrogens is 4. The van der Waals surface area contributed by atoms with E-state index in [1.807, 2.05) is 30.3 Å². The molecule has 2 N–H and O–H groups in total. The van der Waals surface area contributed by atoms with Crippen molar-refractivity contribution in [3.8, 4) is 11.3 Å². The van der Waals surface area contributed by atoms with E-state index in [2.05, 4.69) is 56.7 Å². The number of nitrogens with zero attached hydrogens (tertiary/aromatic N) is 5. The van der Waals surface area contributed by atoms with Gasteiger partial charge in [-0.15, -0.1) is 0 Å². The molecule has 5 rings (SSSR count). The van der Waals surface area contributed by atoms with Gasteiger partial charge in [0.1, 0.15) is 17.3 Å². The van der Waals surface area contributed by atoms with Crippen LogP contribution in [-0.2, 0) is 0 Å². The van der Waals surface area contributed by atoms with E-state index in [0.29, 0.717) is 23.0 Å². The zero-order chi connectivity index (χ0) is 21.9. The highest BCUT2D eigenvalue weighted by Gasteiger charge is 2.13. The van der Waals surface area contributed by atoms with Crippen molar-refractivity contribution < 1.29 is 13.4 Å². The molecule has 11 heteroatoms. The minimum Gasteiger partial charge on any atom is -0.455 e. The molecular weight excluding hydrogens is 481 g/mol. The maximum atomic E-state index is 13.2. The van der Waals surface area contributed by atoms with Crippen LogP contribution in [0.5, 0.6) is 0 Å². The summed E-state index contributed by atoms with van der Waals surface area (Å²) in [7, 11) is 0. The lowest BCUT2D eigenvalue weighted by molar-refractivity contribution is 0.314. The summed E-state index contributed by atoms with van der Waals surface area (Å²) in [5, 5.41) is 14.6. The summed E-state index contributed by atoms with van der Waals surface area (Å²) in [5.41, 5.74) is 4.79. The molecule has 0 aliphatic heterocycles. The van der Waals surface area contributed by atoms with Crippen molar-refractivity contribution in [1.82, 2.24) is 20.3 Å². The van der Waals surface area contributed by atoms with Gasteiger partial charge < -0.3 is 9.73 Å². The molecule has 0 bridgehead atoms. The second kappa shape index (κ2) is 8.55. The first kappa shape index (κ1) is 19.8. The van der Waals surface area contributed by atoms with Crippen LogP contribution in [0.25, 0.3) is 22.6 Å². The minimum atomic E-state index is -0.346. The lowest BCUT2D eigenvalue weighted by Gasteiger charge is -2.09. The SMILES string of the molecule is Fc1ccc(Nc2nc3nonc3nc2N/N=C/c2ccc(-c3ccc(Br)cc3)o2)cc1. The summed E-state index contributed by atoms with van der Waals surface area (Å²) in [5.74, 6) is 1.50. The van der Waals surface area contributed by atoms with Crippen LogP contribution in [0.2, 0.25) is 0 Å². The van der Waals surface area contributed by atoms with Gasteiger partial charge >= 0.3 is 0 Å². The molecule has 0 amide bonds. The Morgan fingerprint density at radius 1 is 0.875 bits per heavy atom. The summed E-state index contributed by atoms with van der Waals surface area (Å²) in [6, 6.07) is 17.2. The maximum Gasteiger partial charge on any atom is 0.245 e. The third-order valence-corrected chi connectivity index (χ3v) is 4.87. The van der Waals surface area contributed by atoms with E-state index < -0.39 is 0 Å². The lowest BCUT2D eigenvalue weighted by atomic mass is 10.2. The Morgan fingerprint density at radius 2 is 1.59 bits per heavy atom. The number of hydrogen-bond donors (Lipinski definition) is 2. The first-order chi connectivity index (χ1) is 15.6. The quantitative estimate of drug-likeness (QED) is 0.240. The molecule has 9 nitrogen and oxygen atoms in total. The van der Waals surface area contributed by atoms with E-state index in [0.717, 1.165) is 10.0 Å². The van der Waals surface area contributed by atoms with Crippen LogP contribution in [0.1, 0.15) is 5.76 Å². The summed E-state index contributed by atoms with van der Waals surface area (Å²) in [4.78, 5) is 8.65. The average molecular weight is 494 g/mol. The Bertz CT molecular complexity index is 1400. The Hall–Kier alpha value is -4.12. The molecule has 0 radical (unpaired) electrons. The highest BCUT2D eigenvalue weighted by atomic mass is 79.9. The van der Waals surface area contributed by atoms with E-state index in [-0.39, 0.29) is 22.9 Å². The molecule has 3 aromatic heterocycles. The maximum absolute atomic E-state index is 13.2. The predicted molar refractivity (Wildman–Crippen MR) is 120 cm³/mol. The van der Waals surface area contributed by atoms with E-state index in [1.165, 1.54) is 18.3 Å². The molecule has 0 saturated carbocycles. The molecule has 0 saturated heterocycles. The Kier molecular flexibility index (Phi) is 5.30. The number of hydrazone groups is 1. The van der Waals surface area contributed by atoms with E-state index in [1.54, 1.807) is 18.2 Å². The normalized spacial score (nSPS) is 11.3. The van der Waals surface area contributed by atoms with Crippen molar-refractivity contribution >= 4 is 50.8 Å². The van der Waals surface area contributed by atoms with Crippen LogP contribution >= 0.6 is 15.9 Å². The summed E-state index contributed by atoms with van der Waals surface area (Å²) < 4.78 is 24.7. The molecule has 158 valence electrons. The fourth-order valence-electron chi connectivity index (χ4n) is 2.82. The standard InChI is InChI=1S/C21H13BrFN7O2/c22-13-3-1-12(2-4-13)17-10-9-16(31-17)11-24-28-19-18(25-15-7-5-14(23)6-8-15)26-20-21(27-19)30-32-29-20/h1-11H,(H,25,26,29)(H,27,28,30)/b24-11+. The third-order valence-electron chi connectivity index (χ3n) is 4.34. The average Bonchev–Trinajstić information content (AvgIpc) is 3.45. The summed E-state index contributed by atoms with van der Waals surface area (Å²) in [6.45, 7) is 0. The van der Waals surface area contributed by atoms with Gasteiger partial charge in [0.05, 0.1) is 6.21 Å². The molecule has 2 aromatic carbocycles. The van der Waals surface area contributed by atoms with Gasteiger partial charge in [-0.05, 0) is 58.8 Å². The van der Waals surface area contributed by atoms with Crippen molar-refractivity contribution in [3.63, 3.8) is 0 Å². The zero-order valence-corrected chi connectivity index (χ0v) is 17.7. The third kappa shape index (κ3) is 4.32. The van der Waals surface area contributed by atoms with Crippen molar-refractivity contribution in [3.05, 3.63) is 76.7 Å². The van der Waals surface area contributed by atoms with Crippen LogP contribution in [0.4, 0.5) is 21.7 Å². The van der Waals surface area contributed by atoms with Gasteiger partial charge in [-0.1, -0.05) is 28.1 Å². The molecule has 0 unspecified atom stereocenters. The lowest BCUT2D eigenvalue weighted by Crippen LogP contribution is -2.03. The zero-order valence-electron chi connectivity index (χ0n) is 16.2. The van der Waals surface area contributed by atoms with Gasteiger partial charge in [-0.25, -0.2) is 14.0 Å². The molecule has 0 fully saturated rings. The second-order valence-corrected chi connectivity index (χ2v) is 7.46. The molecule has 0 atom stereocenters. The first-order valence-corrected chi connectivity index (χ1v) is 10.1. The Morgan fingerprint density at radius 3 is 2.34 bits per heavy atom. The van der Waals surface area contributed by atoms with E-state index in [9.17, 15) is 4.39 Å². The molecular formula is C21H13BrFN7O2. The number of nitrogens with one attached hydrogen (secondary N) is 2. The van der Waals surface area contributed by atoms with Gasteiger partial charge in [0.25, 0.3) is 0 Å². The molecule has 3 heterocycles. The van der Waals surface area contributed by atoms with E-state index in [4.69, 9.17) is 4.42 Å². The van der Waals surface area contributed by atoms with Crippen molar-refractivity contribution in [2.45, 2.75) is 0 Å². The van der Waals surface area contributed by atoms with Crippen LogP contribution < -0.4 is 10.7 Å². The van der Waals surface area contributed by atoms with Gasteiger partial charge in [-0.3, -0.25) is 5.43 Å². The number of fused-ring (bicyclic) bond motifs is 1. The van der Waals surface area contributed by atoms with Gasteiger partial charge in [0.2, 0.25) is 11.3 Å². The van der Waals surface area contributed by atoms with Crippen LogP contribution in [0.3, 0.4) is 0 Å². The Balaban J connectivity index is 1.37. The predicted octanol–water partition coefficient (Wildman–Crippen LogP) is 5.36. The van der Waals surface area contributed by atoms with Crippen LogP contribution in [-0.4, -0.2) is 26.5 Å². The highest BCUT2D eigenvalue weighted by molar-refractivity contribution is 9.10. The number of halogens is 2. The van der Waals surface area contributed by atoms with Crippen molar-refractivity contribution in [1.29, 1.82) is 0 Å². The topological polar surface area (TPSA) is 114 Å². The highest BCUT2D eigenvalue weighted by Crippen LogP contribution is 2.25. The minimum absolute atomic E-state index is 0.211. The summed E-state index contributed by atoms with van der Waals surface area (Å²) in [6.07, 6.45) is 1.51. The monoisotopic (exact) mass is 493 g/mol. The fourth-order valence-corrected chi connectivity index (χ4v) is 3.09. The molecule has 0 aliphatic carbocycles. The molecule has 0 aliphatic rings. The Labute approximate surface area is 188 Å². The van der Waals surface area contributed by atoms with Crippen LogP contribution in [0.15, 0.2) is 79.3 Å². The van der Waals surface area contributed by atoms with Crippen LogP contribution in [0, 0.1) is 5.82 Å². The van der Waals surface area contributed by atoms with Gasteiger partial charge in [-0.2, -0.15) is 10.1 Å². The van der Waals surface area contributed by atoms with Crippen molar-refractivity contribution in [2.24, 2.45) is 5.10 Å². The largest absolute Gasteiger partial charge is 0.455 e. The number of furan rings is 1. The number of hydrogen-bond acceptors (Lipinski definition) is 9. The summed E-state index contributed by atoms with van der Waals surface area (Å²) >= 11 is 3.41. The molecule has 32 heavy (non-hydrogen) atoms. The molecule has 5 aromatic rings. The second-order valence-electron chi connectivity index (χ2n) is 6.54. The first-order valence-electron chi connectivity index (χ1n) is 9.32.